The molecular formula is C21H18ClNO6. The highest BCUT2D eigenvalue weighted by atomic mass is 35.5. The molecule has 0 aliphatic carbocycles. The van der Waals surface area contributed by atoms with E-state index in [0.29, 0.717) is 32.9 Å². The molecule has 2 aromatic carbocycles. The van der Waals surface area contributed by atoms with Crippen molar-refractivity contribution in [1.29, 1.82) is 0 Å². The fourth-order valence-corrected chi connectivity index (χ4v) is 3.39. The maximum atomic E-state index is 13.2. The predicted octanol–water partition coefficient (Wildman–Crippen LogP) is 3.99. The lowest BCUT2D eigenvalue weighted by molar-refractivity contribution is -0.163. The van der Waals surface area contributed by atoms with Crippen LogP contribution in [0.25, 0.3) is 10.9 Å². The molecule has 29 heavy (non-hydrogen) atoms. The fraction of sp³-hybridized carbons (Fsp3) is 0.190. The van der Waals surface area contributed by atoms with Gasteiger partial charge in [-0.2, -0.15) is 0 Å². The van der Waals surface area contributed by atoms with Gasteiger partial charge >= 0.3 is 11.9 Å². The van der Waals surface area contributed by atoms with Gasteiger partial charge in [0.25, 0.3) is 5.91 Å². The number of aliphatic carboxylic acids is 1. The molecule has 0 aliphatic heterocycles. The van der Waals surface area contributed by atoms with E-state index >= 15 is 0 Å². The summed E-state index contributed by atoms with van der Waals surface area (Å²) in [4.78, 5) is 36.6. The molecule has 3 aromatic rings. The van der Waals surface area contributed by atoms with Gasteiger partial charge in [-0.1, -0.05) is 11.6 Å². The number of methoxy groups -OCH3 is 1. The molecule has 1 unspecified atom stereocenters. The molecule has 1 atom stereocenters. The van der Waals surface area contributed by atoms with E-state index in [0.717, 1.165) is 6.92 Å². The second kappa shape index (κ2) is 7.97. The smallest absolute Gasteiger partial charge is 0.349 e. The predicted molar refractivity (Wildman–Crippen MR) is 107 cm³/mol. The molecule has 8 heteroatoms. The third-order valence-corrected chi connectivity index (χ3v) is 4.78. The number of hydrogen-bond donors (Lipinski definition) is 1. The molecular weight excluding hydrogens is 398 g/mol. The van der Waals surface area contributed by atoms with Gasteiger partial charge in [-0.3, -0.25) is 14.2 Å². The number of halogens is 1. The van der Waals surface area contributed by atoms with Crippen molar-refractivity contribution in [3.05, 3.63) is 64.3 Å². The van der Waals surface area contributed by atoms with Gasteiger partial charge in [0.05, 0.1) is 12.6 Å². The highest BCUT2D eigenvalue weighted by molar-refractivity contribution is 6.30. The van der Waals surface area contributed by atoms with E-state index in [-0.39, 0.29) is 11.5 Å². The summed E-state index contributed by atoms with van der Waals surface area (Å²) in [6.45, 7) is 2.74. The van der Waals surface area contributed by atoms with Crippen LogP contribution in [0, 0.1) is 6.92 Å². The summed E-state index contributed by atoms with van der Waals surface area (Å²) in [7, 11) is 1.48. The fourth-order valence-electron chi connectivity index (χ4n) is 3.26. The Labute approximate surface area is 171 Å². The first-order valence-electron chi connectivity index (χ1n) is 8.63. The molecule has 1 N–H and O–H groups in total. The highest BCUT2D eigenvalue weighted by Crippen LogP contribution is 2.35. The third kappa shape index (κ3) is 3.82. The first-order chi connectivity index (χ1) is 13.7. The van der Waals surface area contributed by atoms with Gasteiger partial charge in [-0.05, 0) is 49.4 Å². The third-order valence-electron chi connectivity index (χ3n) is 4.52. The molecule has 0 amide bonds. The van der Waals surface area contributed by atoms with Crippen molar-refractivity contribution < 1.29 is 29.0 Å². The minimum Gasteiger partial charge on any atom is -0.497 e. The van der Waals surface area contributed by atoms with Gasteiger partial charge in [-0.25, -0.2) is 4.79 Å². The quantitative estimate of drug-likeness (QED) is 0.633. The van der Waals surface area contributed by atoms with Crippen molar-refractivity contribution in [2.24, 2.45) is 0 Å². The Hall–Kier alpha value is -3.32. The number of fused-ring (bicyclic) bond motifs is 1. The topological polar surface area (TPSA) is 94.8 Å². The second-order valence-electron chi connectivity index (χ2n) is 6.36. The summed E-state index contributed by atoms with van der Waals surface area (Å²) < 4.78 is 11.7. The van der Waals surface area contributed by atoms with Crippen LogP contribution in [-0.2, 0) is 14.3 Å². The van der Waals surface area contributed by atoms with Crippen LogP contribution in [0.1, 0.15) is 34.6 Å². The Bertz CT molecular complexity index is 1120. The van der Waals surface area contributed by atoms with Crippen LogP contribution in [0.15, 0.2) is 42.5 Å². The number of hydrogen-bond acceptors (Lipinski definition) is 5. The lowest BCUT2D eigenvalue weighted by atomic mass is 10.0. The van der Waals surface area contributed by atoms with Crippen molar-refractivity contribution >= 4 is 40.3 Å². The SMILES string of the molecule is COc1ccc2c(c1)c(C(OC(C)=O)C(=O)O)c(C)n2C(=O)c1ccc(Cl)cc1. The lowest BCUT2D eigenvalue weighted by Crippen LogP contribution is -2.20. The maximum Gasteiger partial charge on any atom is 0.349 e. The van der Waals surface area contributed by atoms with E-state index in [1.54, 1.807) is 49.4 Å². The molecule has 7 nitrogen and oxygen atoms in total. The average molecular weight is 416 g/mol. The van der Waals surface area contributed by atoms with Crippen molar-refractivity contribution in [2.75, 3.05) is 7.11 Å². The zero-order valence-electron chi connectivity index (χ0n) is 15.9. The Morgan fingerprint density at radius 2 is 1.76 bits per heavy atom. The summed E-state index contributed by atoms with van der Waals surface area (Å²) in [5, 5.41) is 10.6. The van der Waals surface area contributed by atoms with Crippen molar-refractivity contribution in [2.45, 2.75) is 20.0 Å². The van der Waals surface area contributed by atoms with Crippen molar-refractivity contribution in [3.8, 4) is 5.75 Å². The summed E-state index contributed by atoms with van der Waals surface area (Å²) >= 11 is 5.91. The normalized spacial score (nSPS) is 11.9. The molecule has 0 radical (unpaired) electrons. The number of esters is 1. The summed E-state index contributed by atoms with van der Waals surface area (Å²) in [6, 6.07) is 11.3. The van der Waals surface area contributed by atoms with Crippen molar-refractivity contribution in [3.63, 3.8) is 0 Å². The largest absolute Gasteiger partial charge is 0.497 e. The van der Waals surface area contributed by atoms with E-state index in [1.807, 2.05) is 0 Å². The number of carboxylic acid groups (broad SMARTS) is 1. The van der Waals surface area contributed by atoms with Gasteiger partial charge in [0.1, 0.15) is 5.75 Å². The standard InChI is InChI=1S/C21H18ClNO6/c1-11-18(19(21(26)27)29-12(2)24)16-10-15(28-3)8-9-17(16)23(11)20(25)13-4-6-14(22)7-5-13/h4-10,19H,1-3H3,(H,26,27). The van der Waals surface area contributed by atoms with E-state index in [2.05, 4.69) is 0 Å². The molecule has 1 aromatic heterocycles. The zero-order chi connectivity index (χ0) is 21.3. The van der Waals surface area contributed by atoms with Crippen LogP contribution in [0.4, 0.5) is 0 Å². The van der Waals surface area contributed by atoms with Crippen LogP contribution >= 0.6 is 11.6 Å². The van der Waals surface area contributed by atoms with E-state index in [9.17, 15) is 19.5 Å². The van der Waals surface area contributed by atoms with E-state index in [1.165, 1.54) is 11.7 Å². The van der Waals surface area contributed by atoms with Crippen LogP contribution in [-0.4, -0.2) is 34.6 Å². The first-order valence-corrected chi connectivity index (χ1v) is 9.01. The summed E-state index contributed by atoms with van der Waals surface area (Å²) in [6.07, 6.45) is -1.57. The number of benzene rings is 2. The second-order valence-corrected chi connectivity index (χ2v) is 6.79. The van der Waals surface area contributed by atoms with Gasteiger partial charge in [0.15, 0.2) is 0 Å². The number of aromatic nitrogens is 1. The van der Waals surface area contributed by atoms with Crippen LogP contribution in [0.5, 0.6) is 5.75 Å². The van der Waals surface area contributed by atoms with Crippen LogP contribution in [0.2, 0.25) is 5.02 Å². The van der Waals surface area contributed by atoms with Crippen LogP contribution < -0.4 is 4.74 Å². The Morgan fingerprint density at radius 1 is 1.10 bits per heavy atom. The van der Waals surface area contributed by atoms with Crippen LogP contribution in [0.3, 0.4) is 0 Å². The maximum absolute atomic E-state index is 13.2. The summed E-state index contributed by atoms with van der Waals surface area (Å²) in [5.41, 5.74) is 1.40. The van der Waals surface area contributed by atoms with E-state index < -0.39 is 18.0 Å². The molecule has 0 aliphatic rings. The van der Waals surface area contributed by atoms with Gasteiger partial charge in [-0.15, -0.1) is 0 Å². The number of carboxylic acids is 1. The summed E-state index contributed by atoms with van der Waals surface area (Å²) in [5.74, 6) is -1.98. The number of carbonyl (C=O) groups is 3. The first kappa shape index (κ1) is 20.4. The minimum absolute atomic E-state index is 0.212. The molecule has 0 saturated heterocycles. The highest BCUT2D eigenvalue weighted by Gasteiger charge is 2.32. The van der Waals surface area contributed by atoms with Crippen molar-refractivity contribution in [1.82, 2.24) is 4.57 Å². The molecule has 0 fully saturated rings. The number of nitrogens with zero attached hydrogens (tertiary/aromatic N) is 1. The Balaban J connectivity index is 2.30. The number of ether oxygens (including phenoxy) is 2. The zero-order valence-corrected chi connectivity index (χ0v) is 16.7. The van der Waals surface area contributed by atoms with Gasteiger partial charge in [0, 0.05) is 34.2 Å². The van der Waals surface area contributed by atoms with Gasteiger partial charge in [0.2, 0.25) is 6.10 Å². The molecule has 150 valence electrons. The Morgan fingerprint density at radius 3 is 2.31 bits per heavy atom. The van der Waals surface area contributed by atoms with E-state index in [4.69, 9.17) is 21.1 Å². The molecule has 0 bridgehead atoms. The number of rotatable bonds is 5. The molecule has 0 spiro atoms. The Kier molecular flexibility index (Phi) is 5.61. The lowest BCUT2D eigenvalue weighted by Gasteiger charge is -2.14. The minimum atomic E-state index is -1.57. The monoisotopic (exact) mass is 415 g/mol. The molecule has 1 heterocycles. The van der Waals surface area contributed by atoms with Gasteiger partial charge < -0.3 is 14.6 Å². The molecule has 0 saturated carbocycles. The molecule has 3 rings (SSSR count). The number of carbonyl (C=O) groups excluding carboxylic acids is 2. The average Bonchev–Trinajstić information content (AvgIpc) is 2.96.